The normalized spacial score (nSPS) is 20.0. The first-order chi connectivity index (χ1) is 17.5. The monoisotopic (exact) mass is 531 g/mol. The van der Waals surface area contributed by atoms with Gasteiger partial charge in [-0.2, -0.15) is 13.2 Å². The number of aliphatic carboxylic acids is 1. The topological polar surface area (TPSA) is 124 Å². The van der Waals surface area contributed by atoms with Gasteiger partial charge in [0.25, 0.3) is 0 Å². The molecular weight excluding hydrogens is 507 g/mol. The fourth-order valence-corrected chi connectivity index (χ4v) is 5.89. The molecule has 0 radical (unpaired) electrons. The maximum absolute atomic E-state index is 12.9. The molecule has 3 heterocycles. The highest BCUT2D eigenvalue weighted by Crippen LogP contribution is 2.44. The van der Waals surface area contributed by atoms with Crippen molar-refractivity contribution in [2.24, 2.45) is 11.8 Å². The number of nitrogens with one attached hydrogen (secondary N) is 2. The van der Waals surface area contributed by atoms with Crippen LogP contribution in [0.25, 0.3) is 21.3 Å². The molecule has 4 N–H and O–H groups in total. The molecule has 1 aromatic carbocycles. The van der Waals surface area contributed by atoms with Crippen molar-refractivity contribution >= 4 is 39.8 Å². The second-order valence-corrected chi connectivity index (χ2v) is 10.4. The predicted molar refractivity (Wildman–Crippen MR) is 132 cm³/mol. The first kappa shape index (κ1) is 25.2. The van der Waals surface area contributed by atoms with Crippen molar-refractivity contribution in [3.05, 3.63) is 53.6 Å². The molecule has 8 nitrogen and oxygen atoms in total. The van der Waals surface area contributed by atoms with Gasteiger partial charge in [0.2, 0.25) is 5.95 Å². The van der Waals surface area contributed by atoms with Crippen LogP contribution in [-0.4, -0.2) is 36.1 Å². The number of thiazole rings is 1. The van der Waals surface area contributed by atoms with E-state index >= 15 is 0 Å². The third kappa shape index (κ3) is 5.03. The van der Waals surface area contributed by atoms with Crippen LogP contribution in [0.1, 0.15) is 43.3 Å². The second-order valence-electron chi connectivity index (χ2n) is 9.41. The van der Waals surface area contributed by atoms with Gasteiger partial charge in [-0.1, -0.05) is 6.07 Å². The van der Waals surface area contributed by atoms with Gasteiger partial charge in [0.15, 0.2) is 0 Å². The van der Waals surface area contributed by atoms with E-state index in [1.54, 1.807) is 25.3 Å². The van der Waals surface area contributed by atoms with E-state index in [9.17, 15) is 28.2 Å². The molecule has 37 heavy (non-hydrogen) atoms. The molecule has 0 unspecified atom stereocenters. The van der Waals surface area contributed by atoms with E-state index in [0.717, 1.165) is 33.6 Å². The predicted octanol–water partition coefficient (Wildman–Crippen LogP) is 5.94. The Morgan fingerprint density at radius 2 is 1.92 bits per heavy atom. The van der Waals surface area contributed by atoms with Crippen LogP contribution in [0, 0.1) is 11.8 Å². The molecule has 0 aliphatic heterocycles. The van der Waals surface area contributed by atoms with Gasteiger partial charge in [-0.15, -0.1) is 11.3 Å². The van der Waals surface area contributed by atoms with Crippen molar-refractivity contribution in [1.82, 2.24) is 19.9 Å². The molecule has 0 bridgehead atoms. The number of carboxylic acid groups (broad SMARTS) is 1. The SMILES string of the molecule is C[C@@](O)(c1ncc(-c2c[nH]c3cc(Nc4nccc(C(F)(F)F)n4)ccc23)s1)[C@H]1CC[C@H](C(=O)O)CC1. The summed E-state index contributed by atoms with van der Waals surface area (Å²) in [7, 11) is 0. The second kappa shape index (κ2) is 9.42. The molecule has 1 fully saturated rings. The summed E-state index contributed by atoms with van der Waals surface area (Å²) in [5.74, 6) is -1.37. The number of rotatable bonds is 6. The van der Waals surface area contributed by atoms with Crippen LogP contribution >= 0.6 is 11.3 Å². The van der Waals surface area contributed by atoms with Crippen LogP contribution in [0.3, 0.4) is 0 Å². The van der Waals surface area contributed by atoms with Crippen molar-refractivity contribution in [2.45, 2.75) is 44.4 Å². The average Bonchev–Trinajstić information content (AvgIpc) is 3.51. The Morgan fingerprint density at radius 3 is 2.62 bits per heavy atom. The summed E-state index contributed by atoms with van der Waals surface area (Å²) in [6.45, 7) is 1.74. The zero-order valence-electron chi connectivity index (χ0n) is 19.7. The molecule has 12 heteroatoms. The number of H-pyrrole nitrogens is 1. The summed E-state index contributed by atoms with van der Waals surface area (Å²) < 4.78 is 38.8. The summed E-state index contributed by atoms with van der Waals surface area (Å²) in [5, 5.41) is 24.8. The molecule has 0 saturated heterocycles. The minimum Gasteiger partial charge on any atom is -0.481 e. The van der Waals surface area contributed by atoms with Gasteiger partial charge in [-0.3, -0.25) is 4.79 Å². The van der Waals surface area contributed by atoms with Crippen LogP contribution in [-0.2, 0) is 16.6 Å². The number of nitrogens with zero attached hydrogens (tertiary/aromatic N) is 3. The maximum atomic E-state index is 12.9. The number of aliphatic hydroxyl groups is 1. The van der Waals surface area contributed by atoms with Gasteiger partial charge in [0.05, 0.1) is 10.8 Å². The summed E-state index contributed by atoms with van der Waals surface area (Å²) >= 11 is 1.38. The third-order valence-electron chi connectivity index (χ3n) is 6.96. The minimum absolute atomic E-state index is 0.0724. The van der Waals surface area contributed by atoms with E-state index in [1.165, 1.54) is 11.3 Å². The van der Waals surface area contributed by atoms with Crippen molar-refractivity contribution < 1.29 is 28.2 Å². The van der Waals surface area contributed by atoms with Crippen molar-refractivity contribution in [3.63, 3.8) is 0 Å². The Labute approximate surface area is 213 Å². The molecule has 4 aromatic rings. The number of benzene rings is 1. The molecule has 0 amide bonds. The number of hydrogen-bond donors (Lipinski definition) is 4. The summed E-state index contributed by atoms with van der Waals surface area (Å²) in [6, 6.07) is 6.12. The minimum atomic E-state index is -4.56. The van der Waals surface area contributed by atoms with E-state index in [2.05, 4.69) is 25.3 Å². The number of carboxylic acids is 1. The lowest BCUT2D eigenvalue weighted by molar-refractivity contribution is -0.144. The molecule has 194 valence electrons. The fourth-order valence-electron chi connectivity index (χ4n) is 4.82. The van der Waals surface area contributed by atoms with Crippen LogP contribution < -0.4 is 5.32 Å². The maximum Gasteiger partial charge on any atom is 0.433 e. The molecule has 5 rings (SSSR count). The average molecular weight is 532 g/mol. The number of aromatic nitrogens is 4. The smallest absolute Gasteiger partial charge is 0.433 e. The Balaban J connectivity index is 1.34. The van der Waals surface area contributed by atoms with Crippen molar-refractivity contribution in [2.75, 3.05) is 5.32 Å². The van der Waals surface area contributed by atoms with E-state index in [4.69, 9.17) is 0 Å². The van der Waals surface area contributed by atoms with E-state index < -0.39 is 23.4 Å². The quantitative estimate of drug-likeness (QED) is 0.243. The van der Waals surface area contributed by atoms with Gasteiger partial charge in [0, 0.05) is 40.7 Å². The number of carbonyl (C=O) groups is 1. The van der Waals surface area contributed by atoms with Crippen LogP contribution in [0.5, 0.6) is 0 Å². The lowest BCUT2D eigenvalue weighted by Crippen LogP contribution is -2.35. The number of hydrogen-bond acceptors (Lipinski definition) is 7. The highest BCUT2D eigenvalue weighted by Gasteiger charge is 2.40. The highest BCUT2D eigenvalue weighted by atomic mass is 32.1. The molecule has 0 spiro atoms. The first-order valence-electron chi connectivity index (χ1n) is 11.7. The summed E-state index contributed by atoms with van der Waals surface area (Å²) in [6.07, 6.45) is 2.35. The Kier molecular flexibility index (Phi) is 6.40. The van der Waals surface area contributed by atoms with Gasteiger partial charge < -0.3 is 20.5 Å². The number of halogens is 3. The Hall–Kier alpha value is -3.51. The molecule has 1 aliphatic rings. The number of alkyl halides is 3. The Morgan fingerprint density at radius 1 is 1.16 bits per heavy atom. The van der Waals surface area contributed by atoms with Crippen molar-refractivity contribution in [3.8, 4) is 10.4 Å². The van der Waals surface area contributed by atoms with Gasteiger partial charge in [-0.25, -0.2) is 15.0 Å². The molecule has 3 aromatic heterocycles. The van der Waals surface area contributed by atoms with Crippen LogP contribution in [0.15, 0.2) is 42.9 Å². The van der Waals surface area contributed by atoms with E-state index in [0.29, 0.717) is 36.4 Å². The fraction of sp³-hybridized carbons (Fsp3) is 0.360. The van der Waals surface area contributed by atoms with Crippen LogP contribution in [0.4, 0.5) is 24.8 Å². The molecular formula is C25H24F3N5O3S. The van der Waals surface area contributed by atoms with E-state index in [-0.39, 0.29) is 17.8 Å². The molecule has 1 atom stereocenters. The zero-order valence-corrected chi connectivity index (χ0v) is 20.5. The first-order valence-corrected chi connectivity index (χ1v) is 12.5. The van der Waals surface area contributed by atoms with Gasteiger partial charge in [0.1, 0.15) is 16.3 Å². The number of fused-ring (bicyclic) bond motifs is 1. The zero-order chi connectivity index (χ0) is 26.4. The lowest BCUT2D eigenvalue weighted by Gasteiger charge is -2.35. The van der Waals surface area contributed by atoms with Gasteiger partial charge in [-0.05, 0) is 56.7 Å². The van der Waals surface area contributed by atoms with Gasteiger partial charge >= 0.3 is 12.1 Å². The summed E-state index contributed by atoms with van der Waals surface area (Å²) in [5.41, 5.74) is -0.0440. The van der Waals surface area contributed by atoms with E-state index in [1.807, 2.05) is 12.3 Å². The standard InChI is InChI=1S/C25H24F3N5O3S/c1-24(36,14-4-2-13(3-5-14)21(34)35)22-31-12-19(37-22)17-11-30-18-10-15(6-7-16(17)18)32-23-29-9-8-20(33-23)25(26,27)28/h6-14,30,36H,2-5H2,1H3,(H,34,35)(H,29,32,33)/t13-,14-,24-/m0/s1. The Bertz CT molecular complexity index is 1440. The van der Waals surface area contributed by atoms with Crippen molar-refractivity contribution in [1.29, 1.82) is 0 Å². The summed E-state index contributed by atoms with van der Waals surface area (Å²) in [4.78, 5) is 27.2. The van der Waals surface area contributed by atoms with Crippen LogP contribution in [0.2, 0.25) is 0 Å². The lowest BCUT2D eigenvalue weighted by atomic mass is 9.74. The largest absolute Gasteiger partial charge is 0.481 e. The number of aromatic amines is 1. The number of anilines is 2. The third-order valence-corrected chi connectivity index (χ3v) is 8.22. The molecule has 1 aliphatic carbocycles. The highest BCUT2D eigenvalue weighted by molar-refractivity contribution is 7.15. The molecule has 1 saturated carbocycles.